The van der Waals surface area contributed by atoms with E-state index < -0.39 is 36.4 Å². The zero-order valence-corrected chi connectivity index (χ0v) is 24.8. The average molecular weight is 588 g/mol. The Bertz CT molecular complexity index is 1170. The summed E-state index contributed by atoms with van der Waals surface area (Å²) in [7, 11) is 0. The van der Waals surface area contributed by atoms with Gasteiger partial charge in [-0.3, -0.25) is 4.79 Å². The molecular weight excluding hydrogens is 546 g/mol. The summed E-state index contributed by atoms with van der Waals surface area (Å²) >= 11 is 0. The van der Waals surface area contributed by atoms with Gasteiger partial charge in [-0.1, -0.05) is 64.8 Å². The number of hydrogen-bond donors (Lipinski definition) is 1. The van der Waals surface area contributed by atoms with Crippen LogP contribution >= 0.6 is 0 Å². The molecule has 0 aliphatic rings. The second-order valence-electron chi connectivity index (χ2n) is 10.2. The standard InChI is InChI=1S/C31H41NO10/c1-6-20(3)17-38-30(35)41-26-14-13-23(16-27(26)42-31(36)39-18-21(4)7-2)15-25(32)29(34)40-22(5)19-37-28(33)24-11-9-8-10-12-24/h8-14,16,20-22,25H,6-7,15,17-19,32H2,1-5H3/t20?,21?,22-,25-/m0/s1. The van der Waals surface area contributed by atoms with Crippen molar-refractivity contribution < 1.29 is 47.6 Å². The van der Waals surface area contributed by atoms with E-state index in [1.165, 1.54) is 12.1 Å². The summed E-state index contributed by atoms with van der Waals surface area (Å²) in [6, 6.07) is 11.7. The molecule has 2 aromatic rings. The van der Waals surface area contributed by atoms with Crippen molar-refractivity contribution >= 4 is 24.2 Å². The Morgan fingerprint density at radius 3 is 1.88 bits per heavy atom. The number of esters is 2. The van der Waals surface area contributed by atoms with Crippen molar-refractivity contribution in [2.75, 3.05) is 19.8 Å². The van der Waals surface area contributed by atoms with Crippen molar-refractivity contribution in [3.05, 3.63) is 59.7 Å². The third kappa shape index (κ3) is 12.2. The summed E-state index contributed by atoms with van der Waals surface area (Å²) in [5.41, 5.74) is 6.95. The third-order valence-electron chi connectivity index (χ3n) is 6.29. The molecule has 0 saturated carbocycles. The van der Waals surface area contributed by atoms with Crippen LogP contribution in [0, 0.1) is 11.8 Å². The van der Waals surface area contributed by atoms with E-state index >= 15 is 0 Å². The van der Waals surface area contributed by atoms with Crippen molar-refractivity contribution in [1.29, 1.82) is 0 Å². The minimum absolute atomic E-state index is 0.00632. The summed E-state index contributed by atoms with van der Waals surface area (Å²) in [6.07, 6.45) is -1.05. The number of ether oxygens (including phenoxy) is 6. The van der Waals surface area contributed by atoms with E-state index in [2.05, 4.69) is 0 Å². The molecule has 230 valence electrons. The fourth-order valence-corrected chi connectivity index (χ4v) is 3.25. The van der Waals surface area contributed by atoms with Crippen molar-refractivity contribution in [2.45, 2.75) is 66.0 Å². The van der Waals surface area contributed by atoms with Gasteiger partial charge < -0.3 is 34.2 Å². The van der Waals surface area contributed by atoms with Crippen LogP contribution in [0.3, 0.4) is 0 Å². The highest BCUT2D eigenvalue weighted by Crippen LogP contribution is 2.30. The lowest BCUT2D eigenvalue weighted by atomic mass is 10.1. The fraction of sp³-hybridized carbons (Fsp3) is 0.484. The van der Waals surface area contributed by atoms with Gasteiger partial charge in [0, 0.05) is 0 Å². The molecular formula is C31H41NO10. The summed E-state index contributed by atoms with van der Waals surface area (Å²) in [5, 5.41) is 0. The van der Waals surface area contributed by atoms with Crippen LogP contribution in [0.25, 0.3) is 0 Å². The van der Waals surface area contributed by atoms with Gasteiger partial charge in [-0.25, -0.2) is 14.4 Å². The predicted octanol–water partition coefficient (Wildman–Crippen LogP) is 5.47. The molecule has 2 N–H and O–H groups in total. The van der Waals surface area contributed by atoms with E-state index in [1.807, 2.05) is 27.7 Å². The molecule has 0 bridgehead atoms. The molecule has 0 aromatic heterocycles. The molecule has 2 aromatic carbocycles. The van der Waals surface area contributed by atoms with Crippen LogP contribution in [0.1, 0.15) is 63.4 Å². The monoisotopic (exact) mass is 587 g/mol. The molecule has 0 saturated heterocycles. The fourth-order valence-electron chi connectivity index (χ4n) is 3.25. The summed E-state index contributed by atoms with van der Waals surface area (Å²) < 4.78 is 31.4. The normalized spacial score (nSPS) is 13.6. The van der Waals surface area contributed by atoms with Gasteiger partial charge in [0.05, 0.1) is 18.8 Å². The Morgan fingerprint density at radius 2 is 1.31 bits per heavy atom. The van der Waals surface area contributed by atoms with Crippen molar-refractivity contribution in [2.24, 2.45) is 17.6 Å². The summed E-state index contributed by atoms with van der Waals surface area (Å²) in [5.74, 6) is -1.16. The number of nitrogens with two attached hydrogens (primary N) is 1. The Balaban J connectivity index is 2.03. The topological polar surface area (TPSA) is 150 Å². The van der Waals surface area contributed by atoms with E-state index in [0.717, 1.165) is 12.8 Å². The SMILES string of the molecule is CCC(C)COC(=O)Oc1ccc(C[C@H](N)C(=O)O[C@@H](C)COC(=O)c2ccccc2)cc1OC(=O)OCC(C)CC. The van der Waals surface area contributed by atoms with Crippen molar-refractivity contribution in [3.8, 4) is 11.5 Å². The van der Waals surface area contributed by atoms with E-state index in [-0.39, 0.29) is 49.6 Å². The van der Waals surface area contributed by atoms with Gasteiger partial charge in [0.15, 0.2) is 11.5 Å². The molecule has 2 rings (SSSR count). The Morgan fingerprint density at radius 1 is 0.738 bits per heavy atom. The Kier molecular flexibility index (Phi) is 14.3. The van der Waals surface area contributed by atoms with Gasteiger partial charge in [0.1, 0.15) is 18.8 Å². The number of carbonyl (C=O) groups excluding carboxylic acids is 4. The van der Waals surface area contributed by atoms with Crippen LogP contribution in [-0.4, -0.2) is 56.2 Å². The molecule has 0 aliphatic heterocycles. The lowest BCUT2D eigenvalue weighted by Crippen LogP contribution is -2.37. The van der Waals surface area contributed by atoms with Gasteiger partial charge in [-0.2, -0.15) is 0 Å². The second kappa shape index (κ2) is 17.6. The maximum absolute atomic E-state index is 12.6. The first-order valence-electron chi connectivity index (χ1n) is 14.0. The number of hydrogen-bond acceptors (Lipinski definition) is 11. The van der Waals surface area contributed by atoms with E-state index in [0.29, 0.717) is 11.1 Å². The molecule has 0 heterocycles. The van der Waals surface area contributed by atoms with E-state index in [4.69, 9.17) is 34.2 Å². The molecule has 0 amide bonds. The molecule has 4 atom stereocenters. The van der Waals surface area contributed by atoms with Gasteiger partial charge in [-0.15, -0.1) is 0 Å². The Hall–Kier alpha value is -4.12. The smallest absolute Gasteiger partial charge is 0.458 e. The van der Waals surface area contributed by atoms with Gasteiger partial charge >= 0.3 is 24.2 Å². The van der Waals surface area contributed by atoms with Crippen molar-refractivity contribution in [1.82, 2.24) is 0 Å². The van der Waals surface area contributed by atoms with Crippen molar-refractivity contribution in [3.63, 3.8) is 0 Å². The van der Waals surface area contributed by atoms with Crippen LogP contribution < -0.4 is 15.2 Å². The van der Waals surface area contributed by atoms with Crippen LogP contribution in [0.15, 0.2) is 48.5 Å². The minimum Gasteiger partial charge on any atom is -0.458 e. The first-order chi connectivity index (χ1) is 20.0. The van der Waals surface area contributed by atoms with Crippen LogP contribution in [0.4, 0.5) is 9.59 Å². The van der Waals surface area contributed by atoms with Crippen LogP contribution in [0.2, 0.25) is 0 Å². The number of rotatable bonds is 15. The zero-order valence-electron chi connectivity index (χ0n) is 24.8. The van der Waals surface area contributed by atoms with E-state index in [1.54, 1.807) is 43.3 Å². The highest BCUT2D eigenvalue weighted by atomic mass is 16.7. The molecule has 0 radical (unpaired) electrons. The molecule has 11 heteroatoms. The number of benzene rings is 2. The molecule has 0 aliphatic carbocycles. The van der Waals surface area contributed by atoms with Crippen LogP contribution in [0.5, 0.6) is 11.5 Å². The molecule has 2 unspecified atom stereocenters. The van der Waals surface area contributed by atoms with Gasteiger partial charge in [-0.05, 0) is 55.0 Å². The first-order valence-corrected chi connectivity index (χ1v) is 14.0. The zero-order chi connectivity index (χ0) is 31.1. The maximum atomic E-state index is 12.6. The van der Waals surface area contributed by atoms with E-state index in [9.17, 15) is 19.2 Å². The molecule has 11 nitrogen and oxygen atoms in total. The van der Waals surface area contributed by atoms with Crippen LogP contribution in [-0.2, 0) is 30.2 Å². The molecule has 0 spiro atoms. The largest absolute Gasteiger partial charge is 0.513 e. The third-order valence-corrected chi connectivity index (χ3v) is 6.29. The molecule has 42 heavy (non-hydrogen) atoms. The second-order valence-corrected chi connectivity index (χ2v) is 10.2. The lowest BCUT2D eigenvalue weighted by Gasteiger charge is -2.18. The summed E-state index contributed by atoms with van der Waals surface area (Å²) in [4.78, 5) is 49.3. The quantitative estimate of drug-likeness (QED) is 0.161. The average Bonchev–Trinajstić information content (AvgIpc) is 2.98. The highest BCUT2D eigenvalue weighted by molar-refractivity contribution is 5.89. The predicted molar refractivity (Wildman–Crippen MR) is 153 cm³/mol. The van der Waals surface area contributed by atoms with Gasteiger partial charge in [0.2, 0.25) is 0 Å². The summed E-state index contributed by atoms with van der Waals surface area (Å²) in [6.45, 7) is 9.52. The first kappa shape index (κ1) is 34.1. The maximum Gasteiger partial charge on any atom is 0.513 e. The highest BCUT2D eigenvalue weighted by Gasteiger charge is 2.22. The molecule has 0 fully saturated rings. The Labute approximate surface area is 246 Å². The van der Waals surface area contributed by atoms with Gasteiger partial charge in [0.25, 0.3) is 0 Å². The lowest BCUT2D eigenvalue weighted by molar-refractivity contribution is -0.151. The minimum atomic E-state index is -1.09. The number of carbonyl (C=O) groups is 4.